The fourth-order valence-corrected chi connectivity index (χ4v) is 1.38. The molecule has 0 radical (unpaired) electrons. The van der Waals surface area contributed by atoms with E-state index in [1.165, 1.54) is 11.0 Å². The topological polar surface area (TPSA) is 99.0 Å². The van der Waals surface area contributed by atoms with Gasteiger partial charge in [0.25, 0.3) is 0 Å². The van der Waals surface area contributed by atoms with Crippen molar-refractivity contribution in [1.82, 2.24) is 20.2 Å². The maximum atomic E-state index is 11.5. The molecule has 0 aliphatic heterocycles. The third-order valence-corrected chi connectivity index (χ3v) is 2.18. The van der Waals surface area contributed by atoms with Crippen LogP contribution < -0.4 is 5.32 Å². The summed E-state index contributed by atoms with van der Waals surface area (Å²) in [4.78, 5) is 22.7. The molecule has 1 amide bonds. The third-order valence-electron chi connectivity index (χ3n) is 2.18. The molecule has 0 bridgehead atoms. The quantitative estimate of drug-likeness (QED) is 0.624. The lowest BCUT2D eigenvalue weighted by Crippen LogP contribution is -2.25. The first-order valence-electron chi connectivity index (χ1n) is 5.52. The maximum absolute atomic E-state index is 11.5. The number of aromatic nitrogens is 4. The molecule has 8 nitrogen and oxygen atoms in total. The van der Waals surface area contributed by atoms with Gasteiger partial charge < -0.3 is 10.1 Å². The van der Waals surface area contributed by atoms with Crippen LogP contribution in [0.3, 0.4) is 0 Å². The molecule has 98 valence electrons. The second-order valence-corrected chi connectivity index (χ2v) is 3.48. The third kappa shape index (κ3) is 3.12. The van der Waals surface area contributed by atoms with E-state index in [2.05, 4.69) is 25.6 Å². The van der Waals surface area contributed by atoms with Gasteiger partial charge in [-0.25, -0.2) is 9.48 Å². The number of ether oxygens (including phenoxy) is 1. The highest BCUT2D eigenvalue weighted by atomic mass is 16.5. The summed E-state index contributed by atoms with van der Waals surface area (Å²) < 4.78 is 6.02. The Balaban J connectivity index is 2.12. The smallest absolute Gasteiger partial charge is 0.397 e. The molecule has 2 rings (SSSR count). The van der Waals surface area contributed by atoms with Crippen LogP contribution in [-0.2, 0) is 14.3 Å². The lowest BCUT2D eigenvalue weighted by Gasteiger charge is -2.06. The van der Waals surface area contributed by atoms with Gasteiger partial charge in [0, 0.05) is 5.69 Å². The molecule has 0 aliphatic rings. The summed E-state index contributed by atoms with van der Waals surface area (Å²) in [6, 6.07) is 6.74. The zero-order chi connectivity index (χ0) is 13.7. The highest BCUT2D eigenvalue weighted by molar-refractivity contribution is 6.37. The predicted octanol–water partition coefficient (Wildman–Crippen LogP) is 0.164. The first-order valence-corrected chi connectivity index (χ1v) is 5.52. The Hall–Kier alpha value is -2.77. The van der Waals surface area contributed by atoms with Crippen LogP contribution in [-0.4, -0.2) is 38.7 Å². The number of rotatable bonds is 3. The number of amides is 1. The van der Waals surface area contributed by atoms with Crippen LogP contribution in [0.15, 0.2) is 30.6 Å². The van der Waals surface area contributed by atoms with E-state index in [9.17, 15) is 9.59 Å². The zero-order valence-electron chi connectivity index (χ0n) is 10.1. The van der Waals surface area contributed by atoms with E-state index in [1.54, 1.807) is 31.2 Å². The summed E-state index contributed by atoms with van der Waals surface area (Å²) in [5, 5.41) is 13.2. The monoisotopic (exact) mass is 261 g/mol. The molecule has 0 fully saturated rings. The molecule has 1 N–H and O–H groups in total. The van der Waals surface area contributed by atoms with E-state index in [1.807, 2.05) is 0 Å². The average molecular weight is 261 g/mol. The summed E-state index contributed by atoms with van der Waals surface area (Å²) in [7, 11) is 0. The molecule has 2 aromatic rings. The largest absolute Gasteiger partial charge is 0.459 e. The van der Waals surface area contributed by atoms with Crippen molar-refractivity contribution in [2.24, 2.45) is 0 Å². The van der Waals surface area contributed by atoms with Crippen molar-refractivity contribution in [2.75, 3.05) is 11.9 Å². The highest BCUT2D eigenvalue weighted by Gasteiger charge is 2.14. The van der Waals surface area contributed by atoms with Crippen LogP contribution in [0, 0.1) is 0 Å². The van der Waals surface area contributed by atoms with Crippen LogP contribution in [0.25, 0.3) is 5.69 Å². The summed E-state index contributed by atoms with van der Waals surface area (Å²) in [6.45, 7) is 1.78. The lowest BCUT2D eigenvalue weighted by molar-refractivity contribution is -0.152. The number of anilines is 1. The molecule has 0 atom stereocenters. The highest BCUT2D eigenvalue weighted by Crippen LogP contribution is 2.13. The standard InChI is InChI=1S/C11H11N5O3/c1-2-19-11(18)10(17)13-8-4-3-5-9(6-8)16-7-12-14-15-16/h3-7H,2H2,1H3,(H,13,17). The van der Waals surface area contributed by atoms with E-state index in [4.69, 9.17) is 0 Å². The molecule has 1 aromatic heterocycles. The van der Waals surface area contributed by atoms with Gasteiger partial charge in [0.15, 0.2) is 0 Å². The van der Waals surface area contributed by atoms with E-state index in [-0.39, 0.29) is 6.61 Å². The Morgan fingerprint density at radius 1 is 1.42 bits per heavy atom. The Morgan fingerprint density at radius 3 is 2.95 bits per heavy atom. The summed E-state index contributed by atoms with van der Waals surface area (Å²) in [6.07, 6.45) is 1.42. The number of hydrogen-bond acceptors (Lipinski definition) is 6. The fourth-order valence-electron chi connectivity index (χ4n) is 1.38. The molecule has 0 saturated carbocycles. The number of esters is 1. The normalized spacial score (nSPS) is 9.95. The molecule has 0 spiro atoms. The van der Waals surface area contributed by atoms with Gasteiger partial charge >= 0.3 is 11.9 Å². The second kappa shape index (κ2) is 5.71. The number of carbonyl (C=O) groups excluding carboxylic acids is 2. The average Bonchev–Trinajstić information content (AvgIpc) is 2.93. The summed E-state index contributed by atoms with van der Waals surface area (Å²) in [5.74, 6) is -1.74. The second-order valence-electron chi connectivity index (χ2n) is 3.48. The zero-order valence-corrected chi connectivity index (χ0v) is 10.1. The molecule has 8 heteroatoms. The number of carbonyl (C=O) groups is 2. The number of hydrogen-bond donors (Lipinski definition) is 1. The van der Waals surface area contributed by atoms with Crippen LogP contribution in [0.5, 0.6) is 0 Å². The van der Waals surface area contributed by atoms with Crippen molar-refractivity contribution in [3.63, 3.8) is 0 Å². The van der Waals surface area contributed by atoms with Crippen LogP contribution in [0.2, 0.25) is 0 Å². The maximum Gasteiger partial charge on any atom is 0.397 e. The van der Waals surface area contributed by atoms with E-state index < -0.39 is 11.9 Å². The van der Waals surface area contributed by atoms with Gasteiger partial charge in [-0.15, -0.1) is 5.10 Å². The summed E-state index contributed by atoms with van der Waals surface area (Å²) >= 11 is 0. The van der Waals surface area contributed by atoms with Crippen molar-refractivity contribution in [3.05, 3.63) is 30.6 Å². The molecule has 0 saturated heterocycles. The predicted molar refractivity (Wildman–Crippen MR) is 64.4 cm³/mol. The number of benzene rings is 1. The van der Waals surface area contributed by atoms with Crippen molar-refractivity contribution in [2.45, 2.75) is 6.92 Å². The minimum Gasteiger partial charge on any atom is -0.459 e. The minimum atomic E-state index is -0.921. The van der Waals surface area contributed by atoms with Gasteiger partial charge in [0.1, 0.15) is 6.33 Å². The Bertz CT molecular complexity index is 582. The molecular formula is C11H11N5O3. The van der Waals surface area contributed by atoms with Crippen LogP contribution in [0.4, 0.5) is 5.69 Å². The summed E-state index contributed by atoms with van der Waals surface area (Å²) in [5.41, 5.74) is 1.11. The molecule has 1 heterocycles. The van der Waals surface area contributed by atoms with Crippen molar-refractivity contribution in [3.8, 4) is 5.69 Å². The Labute approximate surface area is 108 Å². The van der Waals surface area contributed by atoms with Gasteiger partial charge in [-0.05, 0) is 35.5 Å². The van der Waals surface area contributed by atoms with E-state index in [0.717, 1.165) is 0 Å². The van der Waals surface area contributed by atoms with Crippen molar-refractivity contribution < 1.29 is 14.3 Å². The first kappa shape index (κ1) is 12.7. The molecule has 0 aliphatic carbocycles. The SMILES string of the molecule is CCOC(=O)C(=O)Nc1cccc(-n2cnnn2)c1. The van der Waals surface area contributed by atoms with Gasteiger partial charge in [-0.1, -0.05) is 6.07 Å². The van der Waals surface area contributed by atoms with Crippen molar-refractivity contribution >= 4 is 17.6 Å². The van der Waals surface area contributed by atoms with E-state index in [0.29, 0.717) is 11.4 Å². The van der Waals surface area contributed by atoms with Gasteiger partial charge in [-0.3, -0.25) is 4.79 Å². The molecule has 19 heavy (non-hydrogen) atoms. The minimum absolute atomic E-state index is 0.150. The van der Waals surface area contributed by atoms with Gasteiger partial charge in [-0.2, -0.15) is 0 Å². The molecule has 0 unspecified atom stereocenters. The Kier molecular flexibility index (Phi) is 3.81. The van der Waals surface area contributed by atoms with Crippen LogP contribution >= 0.6 is 0 Å². The van der Waals surface area contributed by atoms with Gasteiger partial charge in [0.2, 0.25) is 0 Å². The molecule has 1 aromatic carbocycles. The Morgan fingerprint density at radius 2 is 2.26 bits per heavy atom. The number of nitrogens with one attached hydrogen (secondary N) is 1. The number of nitrogens with zero attached hydrogens (tertiary/aromatic N) is 4. The van der Waals surface area contributed by atoms with Crippen molar-refractivity contribution in [1.29, 1.82) is 0 Å². The molecular weight excluding hydrogens is 250 g/mol. The fraction of sp³-hybridized carbons (Fsp3) is 0.182. The van der Waals surface area contributed by atoms with Gasteiger partial charge in [0.05, 0.1) is 12.3 Å². The van der Waals surface area contributed by atoms with Crippen LogP contribution in [0.1, 0.15) is 6.92 Å². The first-order chi connectivity index (χ1) is 9.20. The van der Waals surface area contributed by atoms with E-state index >= 15 is 0 Å². The lowest BCUT2D eigenvalue weighted by atomic mass is 10.3. The number of tetrazole rings is 1.